The number of hydrogen-bond donors (Lipinski definition) is 0. The number of rotatable bonds is 2. The molecule has 0 aromatic heterocycles. The first-order valence-electron chi connectivity index (χ1n) is 4.66. The van der Waals surface area contributed by atoms with Crippen LogP contribution in [0.1, 0.15) is 39.5 Å². The summed E-state index contributed by atoms with van der Waals surface area (Å²) in [6, 6.07) is 0. The van der Waals surface area contributed by atoms with E-state index in [9.17, 15) is 9.59 Å². The van der Waals surface area contributed by atoms with Crippen molar-refractivity contribution in [1.82, 2.24) is 0 Å². The zero-order valence-electron chi connectivity index (χ0n) is 7.80. The van der Waals surface area contributed by atoms with Crippen LogP contribution in [-0.4, -0.2) is 11.6 Å². The summed E-state index contributed by atoms with van der Waals surface area (Å²) in [7, 11) is 0. The normalized spacial score (nSPS) is 22.8. The maximum Gasteiger partial charge on any atom is 0.140 e. The summed E-state index contributed by atoms with van der Waals surface area (Å²) in [5.74, 6) is 1.11. The molecule has 1 unspecified atom stereocenters. The van der Waals surface area contributed by atoms with E-state index in [0.717, 1.165) is 6.42 Å². The van der Waals surface area contributed by atoms with E-state index in [1.807, 2.05) is 0 Å². The Labute approximate surface area is 73.3 Å². The van der Waals surface area contributed by atoms with Gasteiger partial charge in [-0.1, -0.05) is 20.3 Å². The van der Waals surface area contributed by atoms with Crippen LogP contribution >= 0.6 is 0 Å². The van der Waals surface area contributed by atoms with Crippen molar-refractivity contribution in [3.8, 4) is 0 Å². The maximum absolute atomic E-state index is 11.1. The minimum atomic E-state index is 0.136. The van der Waals surface area contributed by atoms with Crippen molar-refractivity contribution in [3.05, 3.63) is 0 Å². The Bertz CT molecular complexity index is 180. The summed E-state index contributed by atoms with van der Waals surface area (Å²) in [5, 5.41) is 0. The van der Waals surface area contributed by atoms with Gasteiger partial charge in [-0.15, -0.1) is 0 Å². The summed E-state index contributed by atoms with van der Waals surface area (Å²) in [5.41, 5.74) is 0. The second-order valence-corrected chi connectivity index (χ2v) is 3.81. The molecular weight excluding hydrogens is 152 g/mol. The van der Waals surface area contributed by atoms with Crippen molar-refractivity contribution in [1.29, 1.82) is 0 Å². The standard InChI is InChI=1S/C10H16O2/c1-3-7(2)8-4-9(11)6-10(12)5-8/h7-8H,3-6H2,1-2H3. The summed E-state index contributed by atoms with van der Waals surface area (Å²) < 4.78 is 0. The minimum Gasteiger partial charge on any atom is -0.299 e. The van der Waals surface area contributed by atoms with E-state index in [1.165, 1.54) is 0 Å². The molecule has 1 aliphatic carbocycles. The average Bonchev–Trinajstić information content (AvgIpc) is 2.01. The van der Waals surface area contributed by atoms with Crippen LogP contribution in [0.15, 0.2) is 0 Å². The highest BCUT2D eigenvalue weighted by Gasteiger charge is 2.28. The van der Waals surface area contributed by atoms with Gasteiger partial charge >= 0.3 is 0 Å². The van der Waals surface area contributed by atoms with Crippen LogP contribution in [0, 0.1) is 11.8 Å². The lowest BCUT2D eigenvalue weighted by Gasteiger charge is -2.24. The lowest BCUT2D eigenvalue weighted by Crippen LogP contribution is -2.26. The lowest BCUT2D eigenvalue weighted by atomic mass is 9.79. The molecule has 0 aromatic rings. The molecule has 1 saturated carbocycles. The Hall–Kier alpha value is -0.660. The first-order valence-corrected chi connectivity index (χ1v) is 4.66. The molecule has 0 aliphatic heterocycles. The number of ketones is 2. The van der Waals surface area contributed by atoms with E-state index in [1.54, 1.807) is 0 Å². The first-order chi connectivity index (χ1) is 5.63. The third-order valence-electron chi connectivity index (χ3n) is 2.82. The smallest absolute Gasteiger partial charge is 0.140 e. The Kier molecular flexibility index (Phi) is 3.01. The van der Waals surface area contributed by atoms with Crippen molar-refractivity contribution < 1.29 is 9.59 Å². The predicted molar refractivity (Wildman–Crippen MR) is 46.8 cm³/mol. The van der Waals surface area contributed by atoms with Gasteiger partial charge in [0.1, 0.15) is 11.6 Å². The van der Waals surface area contributed by atoms with E-state index < -0.39 is 0 Å². The van der Waals surface area contributed by atoms with Gasteiger partial charge in [0.25, 0.3) is 0 Å². The Morgan fingerprint density at radius 2 is 1.83 bits per heavy atom. The summed E-state index contributed by atoms with van der Waals surface area (Å²) in [4.78, 5) is 22.2. The molecule has 0 spiro atoms. The second-order valence-electron chi connectivity index (χ2n) is 3.81. The fourth-order valence-corrected chi connectivity index (χ4v) is 1.76. The molecule has 1 fully saturated rings. The summed E-state index contributed by atoms with van der Waals surface area (Å²) in [6.07, 6.45) is 2.50. The molecule has 1 aliphatic rings. The highest BCUT2D eigenvalue weighted by molar-refractivity contribution is 6.01. The van der Waals surface area contributed by atoms with Gasteiger partial charge in [-0.2, -0.15) is 0 Å². The first kappa shape index (κ1) is 9.43. The highest BCUT2D eigenvalue weighted by Crippen LogP contribution is 2.27. The van der Waals surface area contributed by atoms with Crippen molar-refractivity contribution in [2.75, 3.05) is 0 Å². The topological polar surface area (TPSA) is 34.1 Å². The number of carbonyl (C=O) groups is 2. The van der Waals surface area contributed by atoms with Crippen LogP contribution in [0.2, 0.25) is 0 Å². The van der Waals surface area contributed by atoms with Crippen LogP contribution in [0.3, 0.4) is 0 Å². The molecule has 0 aromatic carbocycles. The quantitative estimate of drug-likeness (QED) is 0.591. The molecule has 0 bridgehead atoms. The predicted octanol–water partition coefficient (Wildman–Crippen LogP) is 1.97. The van der Waals surface area contributed by atoms with Gasteiger partial charge in [-0.3, -0.25) is 9.59 Å². The third-order valence-corrected chi connectivity index (χ3v) is 2.82. The third kappa shape index (κ3) is 2.16. The molecule has 0 saturated heterocycles. The van der Waals surface area contributed by atoms with Gasteiger partial charge in [-0.25, -0.2) is 0 Å². The van der Waals surface area contributed by atoms with Crippen molar-refractivity contribution in [2.24, 2.45) is 11.8 Å². The molecule has 12 heavy (non-hydrogen) atoms. The summed E-state index contributed by atoms with van der Waals surface area (Å²) in [6.45, 7) is 4.23. The molecule has 0 radical (unpaired) electrons. The molecule has 0 heterocycles. The molecule has 2 heteroatoms. The van der Waals surface area contributed by atoms with E-state index in [0.29, 0.717) is 24.7 Å². The molecule has 0 N–H and O–H groups in total. The van der Waals surface area contributed by atoms with Gasteiger partial charge in [0.15, 0.2) is 0 Å². The van der Waals surface area contributed by atoms with Crippen molar-refractivity contribution in [2.45, 2.75) is 39.5 Å². The van der Waals surface area contributed by atoms with Crippen LogP contribution < -0.4 is 0 Å². The Morgan fingerprint density at radius 3 is 2.25 bits per heavy atom. The molecule has 68 valence electrons. The molecule has 1 atom stereocenters. The van der Waals surface area contributed by atoms with Gasteiger partial charge in [0.05, 0.1) is 6.42 Å². The van der Waals surface area contributed by atoms with E-state index in [4.69, 9.17) is 0 Å². The van der Waals surface area contributed by atoms with Crippen molar-refractivity contribution in [3.63, 3.8) is 0 Å². The van der Waals surface area contributed by atoms with E-state index >= 15 is 0 Å². The zero-order chi connectivity index (χ0) is 9.14. The van der Waals surface area contributed by atoms with Gasteiger partial charge in [0, 0.05) is 12.8 Å². The van der Waals surface area contributed by atoms with Gasteiger partial charge < -0.3 is 0 Å². The molecular formula is C10H16O2. The monoisotopic (exact) mass is 168 g/mol. The van der Waals surface area contributed by atoms with Crippen LogP contribution in [0.4, 0.5) is 0 Å². The molecule has 2 nitrogen and oxygen atoms in total. The van der Waals surface area contributed by atoms with E-state index in [2.05, 4.69) is 13.8 Å². The van der Waals surface area contributed by atoms with Crippen LogP contribution in [0.25, 0.3) is 0 Å². The Balaban J connectivity index is 2.55. The minimum absolute atomic E-state index is 0.136. The second kappa shape index (κ2) is 3.83. The Morgan fingerprint density at radius 1 is 1.33 bits per heavy atom. The van der Waals surface area contributed by atoms with Crippen LogP contribution in [-0.2, 0) is 9.59 Å². The average molecular weight is 168 g/mol. The number of hydrogen-bond acceptors (Lipinski definition) is 2. The largest absolute Gasteiger partial charge is 0.299 e. The fraction of sp³-hybridized carbons (Fsp3) is 0.800. The number of Topliss-reactive ketones (excluding diaryl/α,β-unsaturated/α-hetero) is 2. The SMILES string of the molecule is CCC(C)C1CC(=O)CC(=O)C1. The lowest BCUT2D eigenvalue weighted by molar-refractivity contribution is -0.132. The molecule has 0 amide bonds. The van der Waals surface area contributed by atoms with Crippen molar-refractivity contribution >= 4 is 11.6 Å². The summed E-state index contributed by atoms with van der Waals surface area (Å²) >= 11 is 0. The molecule has 1 rings (SSSR count). The van der Waals surface area contributed by atoms with E-state index in [-0.39, 0.29) is 18.0 Å². The maximum atomic E-state index is 11.1. The van der Waals surface area contributed by atoms with Crippen LogP contribution in [0.5, 0.6) is 0 Å². The highest BCUT2D eigenvalue weighted by atomic mass is 16.1. The zero-order valence-corrected chi connectivity index (χ0v) is 7.80. The van der Waals surface area contributed by atoms with Gasteiger partial charge in [0.2, 0.25) is 0 Å². The van der Waals surface area contributed by atoms with Gasteiger partial charge in [-0.05, 0) is 11.8 Å². The number of carbonyl (C=O) groups excluding carboxylic acids is 2. The fourth-order valence-electron chi connectivity index (χ4n) is 1.76.